The molecule has 7 heteroatoms. The largest absolute Gasteiger partial charge is 0.464 e. The molecule has 1 aliphatic heterocycles. The van der Waals surface area contributed by atoms with Crippen LogP contribution >= 0.6 is 0 Å². The van der Waals surface area contributed by atoms with Gasteiger partial charge in [-0.3, -0.25) is 9.69 Å². The van der Waals surface area contributed by atoms with Gasteiger partial charge in [-0.15, -0.1) is 0 Å². The highest BCUT2D eigenvalue weighted by molar-refractivity contribution is 5.78. The minimum absolute atomic E-state index is 0.118. The molecule has 0 radical (unpaired) electrons. The van der Waals surface area contributed by atoms with Crippen LogP contribution in [0, 0.1) is 20.8 Å². The van der Waals surface area contributed by atoms with Gasteiger partial charge in [0.15, 0.2) is 0 Å². The average Bonchev–Trinajstić information content (AvgIpc) is 3.23. The SMILES string of the molecule is Cc1nc(C)n(C[C@H]2CCCN2CC(=O)N(C)Cc2ccc(C)o2)n1. The highest BCUT2D eigenvalue weighted by Gasteiger charge is 2.28. The minimum Gasteiger partial charge on any atom is -0.464 e. The quantitative estimate of drug-likeness (QED) is 0.800. The van der Waals surface area contributed by atoms with E-state index in [1.165, 1.54) is 0 Å². The third kappa shape index (κ3) is 4.28. The molecule has 2 aromatic rings. The second kappa shape index (κ2) is 7.39. The monoisotopic (exact) mass is 345 g/mol. The van der Waals surface area contributed by atoms with E-state index >= 15 is 0 Å². The van der Waals surface area contributed by atoms with Gasteiger partial charge >= 0.3 is 0 Å². The van der Waals surface area contributed by atoms with Crippen molar-refractivity contribution in [1.29, 1.82) is 0 Å². The molecule has 0 aromatic carbocycles. The van der Waals surface area contributed by atoms with Gasteiger partial charge < -0.3 is 9.32 Å². The summed E-state index contributed by atoms with van der Waals surface area (Å²) in [6.45, 7) is 8.49. The molecule has 0 bridgehead atoms. The van der Waals surface area contributed by atoms with Crippen LogP contribution in [0.2, 0.25) is 0 Å². The van der Waals surface area contributed by atoms with Crippen molar-refractivity contribution in [3.63, 3.8) is 0 Å². The van der Waals surface area contributed by atoms with E-state index in [0.29, 0.717) is 19.1 Å². The molecule has 1 amide bonds. The van der Waals surface area contributed by atoms with Gasteiger partial charge in [0, 0.05) is 13.1 Å². The summed E-state index contributed by atoms with van der Waals surface area (Å²) in [6, 6.07) is 4.18. The Morgan fingerprint density at radius 1 is 1.36 bits per heavy atom. The van der Waals surface area contributed by atoms with E-state index in [4.69, 9.17) is 4.42 Å². The molecule has 0 aliphatic carbocycles. The third-order valence-corrected chi connectivity index (χ3v) is 4.80. The molecule has 3 heterocycles. The van der Waals surface area contributed by atoms with Crippen molar-refractivity contribution < 1.29 is 9.21 Å². The lowest BCUT2D eigenvalue weighted by atomic mass is 10.2. The molecule has 3 rings (SSSR count). The number of carbonyl (C=O) groups is 1. The van der Waals surface area contributed by atoms with E-state index in [9.17, 15) is 4.79 Å². The molecule has 25 heavy (non-hydrogen) atoms. The van der Waals surface area contributed by atoms with Crippen molar-refractivity contribution in [2.45, 2.75) is 52.7 Å². The van der Waals surface area contributed by atoms with Crippen molar-refractivity contribution in [3.8, 4) is 0 Å². The first-order chi connectivity index (χ1) is 11.9. The molecule has 7 nitrogen and oxygen atoms in total. The Morgan fingerprint density at radius 2 is 2.16 bits per heavy atom. The first kappa shape index (κ1) is 17.7. The number of aromatic nitrogens is 3. The number of likely N-dealkylation sites (N-methyl/N-ethyl adjacent to an activating group) is 1. The molecule has 0 spiro atoms. The van der Waals surface area contributed by atoms with Crippen LogP contribution in [0.5, 0.6) is 0 Å². The van der Waals surface area contributed by atoms with Crippen LogP contribution in [-0.4, -0.2) is 56.7 Å². The predicted molar refractivity (Wildman–Crippen MR) is 94.0 cm³/mol. The van der Waals surface area contributed by atoms with Crippen LogP contribution < -0.4 is 0 Å². The lowest BCUT2D eigenvalue weighted by Gasteiger charge is -2.26. The number of likely N-dealkylation sites (tertiary alicyclic amines) is 1. The Morgan fingerprint density at radius 3 is 2.80 bits per heavy atom. The molecule has 2 aromatic heterocycles. The highest BCUT2D eigenvalue weighted by Crippen LogP contribution is 2.19. The van der Waals surface area contributed by atoms with E-state index in [-0.39, 0.29) is 5.91 Å². The first-order valence-corrected chi connectivity index (χ1v) is 8.84. The zero-order valence-electron chi connectivity index (χ0n) is 15.5. The Hall–Kier alpha value is -2.15. The number of hydrogen-bond acceptors (Lipinski definition) is 5. The van der Waals surface area contributed by atoms with Gasteiger partial charge in [0.1, 0.15) is 23.2 Å². The number of hydrogen-bond donors (Lipinski definition) is 0. The van der Waals surface area contributed by atoms with E-state index in [0.717, 1.165) is 49.1 Å². The fraction of sp³-hybridized carbons (Fsp3) is 0.611. The van der Waals surface area contributed by atoms with Crippen LogP contribution in [0.4, 0.5) is 0 Å². The molecular weight excluding hydrogens is 318 g/mol. The van der Waals surface area contributed by atoms with Gasteiger partial charge in [-0.2, -0.15) is 5.10 Å². The summed E-state index contributed by atoms with van der Waals surface area (Å²) in [4.78, 5) is 21.0. The number of carbonyl (C=O) groups excluding carboxylic acids is 1. The Bertz CT molecular complexity index is 736. The number of rotatable bonds is 6. The van der Waals surface area contributed by atoms with Crippen LogP contribution in [-0.2, 0) is 17.9 Å². The van der Waals surface area contributed by atoms with Gasteiger partial charge in [0.25, 0.3) is 0 Å². The van der Waals surface area contributed by atoms with Crippen molar-refractivity contribution in [1.82, 2.24) is 24.6 Å². The summed E-state index contributed by atoms with van der Waals surface area (Å²) in [5.74, 6) is 3.54. The summed E-state index contributed by atoms with van der Waals surface area (Å²) in [7, 11) is 1.83. The maximum absolute atomic E-state index is 12.6. The van der Waals surface area contributed by atoms with Crippen molar-refractivity contribution >= 4 is 5.91 Å². The topological polar surface area (TPSA) is 67.4 Å². The zero-order valence-corrected chi connectivity index (χ0v) is 15.5. The van der Waals surface area contributed by atoms with Crippen molar-refractivity contribution in [3.05, 3.63) is 35.3 Å². The van der Waals surface area contributed by atoms with Gasteiger partial charge in [0.05, 0.1) is 19.6 Å². The maximum Gasteiger partial charge on any atom is 0.236 e. The average molecular weight is 345 g/mol. The van der Waals surface area contributed by atoms with E-state index in [1.54, 1.807) is 4.90 Å². The Balaban J connectivity index is 1.56. The lowest BCUT2D eigenvalue weighted by molar-refractivity contribution is -0.132. The van der Waals surface area contributed by atoms with Crippen LogP contribution in [0.1, 0.15) is 36.0 Å². The number of furan rings is 1. The summed E-state index contributed by atoms with van der Waals surface area (Å²) < 4.78 is 7.52. The molecule has 0 N–H and O–H groups in total. The normalized spacial score (nSPS) is 18.0. The molecule has 1 saturated heterocycles. The molecule has 0 saturated carbocycles. The van der Waals surface area contributed by atoms with Crippen molar-refractivity contribution in [2.75, 3.05) is 20.1 Å². The second-order valence-corrected chi connectivity index (χ2v) is 6.92. The minimum atomic E-state index is 0.118. The van der Waals surface area contributed by atoms with E-state index in [1.807, 2.05) is 44.6 Å². The summed E-state index contributed by atoms with van der Waals surface area (Å²) in [5.41, 5.74) is 0. The number of aryl methyl sites for hydroxylation is 3. The molecule has 0 unspecified atom stereocenters. The van der Waals surface area contributed by atoms with E-state index < -0.39 is 0 Å². The smallest absolute Gasteiger partial charge is 0.236 e. The molecule has 1 atom stereocenters. The lowest BCUT2D eigenvalue weighted by Crippen LogP contribution is -2.42. The van der Waals surface area contributed by atoms with Crippen molar-refractivity contribution in [2.24, 2.45) is 0 Å². The Kier molecular flexibility index (Phi) is 5.22. The predicted octanol–water partition coefficient (Wildman–Crippen LogP) is 1.92. The molecular formula is C18H27N5O2. The summed E-state index contributed by atoms with van der Waals surface area (Å²) in [5, 5.41) is 4.45. The van der Waals surface area contributed by atoms with Gasteiger partial charge in [-0.1, -0.05) is 0 Å². The molecule has 1 aliphatic rings. The maximum atomic E-state index is 12.6. The first-order valence-electron chi connectivity index (χ1n) is 8.84. The Labute approximate surface area is 148 Å². The second-order valence-electron chi connectivity index (χ2n) is 6.92. The van der Waals surface area contributed by atoms with Crippen LogP contribution in [0.15, 0.2) is 16.5 Å². The number of nitrogens with zero attached hydrogens (tertiary/aromatic N) is 5. The summed E-state index contributed by atoms with van der Waals surface area (Å²) in [6.07, 6.45) is 2.21. The van der Waals surface area contributed by atoms with Crippen LogP contribution in [0.25, 0.3) is 0 Å². The molecule has 136 valence electrons. The van der Waals surface area contributed by atoms with E-state index in [2.05, 4.69) is 15.0 Å². The van der Waals surface area contributed by atoms with Gasteiger partial charge in [-0.05, 0) is 52.3 Å². The standard InChI is InChI=1S/C18H27N5O2/c1-13-7-8-17(25-13)11-21(4)18(24)12-22-9-5-6-16(22)10-23-15(3)19-14(2)20-23/h7-8,16H,5-6,9-12H2,1-4H3/t16-/m1/s1. The third-order valence-electron chi connectivity index (χ3n) is 4.80. The molecule has 1 fully saturated rings. The van der Waals surface area contributed by atoms with Gasteiger partial charge in [-0.25, -0.2) is 9.67 Å². The highest BCUT2D eigenvalue weighted by atomic mass is 16.3. The van der Waals surface area contributed by atoms with Crippen LogP contribution in [0.3, 0.4) is 0 Å². The fourth-order valence-electron chi connectivity index (χ4n) is 3.43. The zero-order chi connectivity index (χ0) is 18.0. The fourth-order valence-corrected chi connectivity index (χ4v) is 3.43. The number of amides is 1. The summed E-state index contributed by atoms with van der Waals surface area (Å²) >= 11 is 0. The van der Waals surface area contributed by atoms with Gasteiger partial charge in [0.2, 0.25) is 5.91 Å².